The van der Waals surface area contributed by atoms with Crippen LogP contribution in [0, 0.1) is 0 Å². The number of thioether (sulfide) groups is 1. The smallest absolute Gasteiger partial charge is 0.0830 e. The van der Waals surface area contributed by atoms with Crippen LogP contribution in [-0.2, 0) is 5.11 Å². The van der Waals surface area contributed by atoms with Gasteiger partial charge in [-0.15, -0.1) is 0 Å². The van der Waals surface area contributed by atoms with Crippen LogP contribution in [-0.4, -0.2) is 24.7 Å². The van der Waals surface area contributed by atoms with Crippen molar-refractivity contribution in [3.05, 3.63) is 0 Å². The minimum absolute atomic E-state index is 0.0531. The monoisotopic (exact) mass is 134 g/mol. The zero-order chi connectivity index (χ0) is 6.24. The molecule has 0 aliphatic heterocycles. The maximum Gasteiger partial charge on any atom is 0.0830 e. The maximum atomic E-state index is 9.85. The van der Waals surface area contributed by atoms with Crippen LogP contribution in [0.5, 0.6) is 0 Å². The molecule has 8 heavy (non-hydrogen) atoms. The van der Waals surface area contributed by atoms with Gasteiger partial charge in [-0.3, -0.25) is 0 Å². The van der Waals surface area contributed by atoms with Gasteiger partial charge in [0.15, 0.2) is 0 Å². The molecule has 0 unspecified atom stereocenters. The molecule has 0 atom stereocenters. The molecule has 0 saturated heterocycles. The lowest BCUT2D eigenvalue weighted by atomic mass is 10.5. The van der Waals surface area contributed by atoms with E-state index >= 15 is 0 Å². The molecule has 2 N–H and O–H groups in total. The summed E-state index contributed by atoms with van der Waals surface area (Å²) in [6.45, 7) is 0.779. The van der Waals surface area contributed by atoms with Crippen LogP contribution < -0.4 is 5.73 Å². The highest BCUT2D eigenvalue weighted by molar-refractivity contribution is 7.99. The average Bonchev–Trinajstić information content (AvgIpc) is 1.81. The molecule has 0 bridgehead atoms. The van der Waals surface area contributed by atoms with Gasteiger partial charge >= 0.3 is 0 Å². The van der Waals surface area contributed by atoms with Crippen molar-refractivity contribution < 1.29 is 5.11 Å². The molecule has 49 valence electrons. The van der Waals surface area contributed by atoms with Gasteiger partial charge in [0.2, 0.25) is 0 Å². The fourth-order valence-electron chi connectivity index (χ4n) is 0.346. The second-order valence-corrected chi connectivity index (χ2v) is 2.68. The second-order valence-electron chi connectivity index (χ2n) is 1.46. The van der Waals surface area contributed by atoms with Crippen molar-refractivity contribution in [2.45, 2.75) is 6.42 Å². The molecule has 0 aliphatic rings. The minimum Gasteiger partial charge on any atom is -0.330 e. The second kappa shape index (κ2) is 7.27. The first kappa shape index (κ1) is 8.27. The summed E-state index contributed by atoms with van der Waals surface area (Å²) in [7, 11) is 0. The van der Waals surface area contributed by atoms with E-state index in [0.29, 0.717) is 0 Å². The fraction of sp³-hybridized carbons (Fsp3) is 1.00. The Balaban J connectivity index is 2.53. The molecule has 0 spiro atoms. The van der Waals surface area contributed by atoms with Crippen molar-refractivity contribution in [1.82, 2.24) is 0 Å². The van der Waals surface area contributed by atoms with Crippen LogP contribution in [0.25, 0.3) is 0 Å². The highest BCUT2D eigenvalue weighted by Crippen LogP contribution is 1.98. The lowest BCUT2D eigenvalue weighted by Gasteiger charge is -1.93. The van der Waals surface area contributed by atoms with Gasteiger partial charge in [0.25, 0.3) is 0 Å². The SMILES string of the molecule is NCCSCCC[O]. The summed E-state index contributed by atoms with van der Waals surface area (Å²) in [5, 5.41) is 9.85. The summed E-state index contributed by atoms with van der Waals surface area (Å²) in [4.78, 5) is 0. The summed E-state index contributed by atoms with van der Waals surface area (Å²) >= 11 is 1.75. The zero-order valence-corrected chi connectivity index (χ0v) is 5.75. The molecule has 1 radical (unpaired) electrons. The van der Waals surface area contributed by atoms with Crippen LogP contribution in [0.4, 0.5) is 0 Å². The third kappa shape index (κ3) is 6.27. The first-order chi connectivity index (χ1) is 3.91. The van der Waals surface area contributed by atoms with E-state index in [0.717, 1.165) is 24.5 Å². The number of rotatable bonds is 5. The van der Waals surface area contributed by atoms with Crippen LogP contribution in [0.1, 0.15) is 6.42 Å². The third-order valence-corrected chi connectivity index (χ3v) is 1.80. The molecule has 0 heterocycles. The topological polar surface area (TPSA) is 45.9 Å². The van der Waals surface area contributed by atoms with Gasteiger partial charge in [-0.2, -0.15) is 11.8 Å². The quantitative estimate of drug-likeness (QED) is 0.556. The molecule has 0 aliphatic carbocycles. The Bertz CT molecular complexity index is 37.4. The number of hydrogen-bond acceptors (Lipinski definition) is 2. The molecular formula is C5H12NOS. The van der Waals surface area contributed by atoms with Crippen molar-refractivity contribution in [2.75, 3.05) is 24.7 Å². The molecule has 0 aromatic heterocycles. The Morgan fingerprint density at radius 1 is 1.38 bits per heavy atom. The molecule has 0 fully saturated rings. The van der Waals surface area contributed by atoms with Gasteiger partial charge in [-0.25, -0.2) is 5.11 Å². The van der Waals surface area contributed by atoms with Gasteiger partial charge in [0.05, 0.1) is 6.61 Å². The predicted molar refractivity (Wildman–Crippen MR) is 36.5 cm³/mol. The minimum atomic E-state index is 0.0531. The van der Waals surface area contributed by atoms with Crippen LogP contribution in [0.15, 0.2) is 0 Å². The summed E-state index contributed by atoms with van der Waals surface area (Å²) in [5.41, 5.74) is 5.21. The van der Waals surface area contributed by atoms with Crippen molar-refractivity contribution in [3.63, 3.8) is 0 Å². The van der Waals surface area contributed by atoms with Crippen LogP contribution in [0.2, 0.25) is 0 Å². The molecule has 0 aromatic carbocycles. The van der Waals surface area contributed by atoms with E-state index in [9.17, 15) is 5.11 Å². The van der Waals surface area contributed by atoms with Crippen molar-refractivity contribution in [1.29, 1.82) is 0 Å². The molecule has 3 heteroatoms. The first-order valence-electron chi connectivity index (χ1n) is 2.77. The molecule has 0 rings (SSSR count). The van der Waals surface area contributed by atoms with Gasteiger partial charge < -0.3 is 5.73 Å². The Labute approximate surface area is 54.5 Å². The molecule has 0 aromatic rings. The van der Waals surface area contributed by atoms with E-state index in [-0.39, 0.29) is 6.61 Å². The van der Waals surface area contributed by atoms with Gasteiger partial charge in [0.1, 0.15) is 0 Å². The lowest BCUT2D eigenvalue weighted by molar-refractivity contribution is 0.194. The van der Waals surface area contributed by atoms with Crippen LogP contribution in [0.3, 0.4) is 0 Å². The van der Waals surface area contributed by atoms with E-state index in [1.165, 1.54) is 0 Å². The van der Waals surface area contributed by atoms with Gasteiger partial charge in [-0.1, -0.05) is 0 Å². The maximum absolute atomic E-state index is 9.85. The fourth-order valence-corrected chi connectivity index (χ4v) is 1.04. The summed E-state index contributed by atoms with van der Waals surface area (Å²) in [6.07, 6.45) is 0.782. The predicted octanol–water partition coefficient (Wildman–Crippen LogP) is 0.499. The normalized spacial score (nSPS) is 9.75. The Hall–Kier alpha value is 0.270. The number of nitrogens with two attached hydrogens (primary N) is 1. The van der Waals surface area contributed by atoms with E-state index < -0.39 is 0 Å². The molecule has 2 nitrogen and oxygen atoms in total. The molecule has 0 amide bonds. The van der Waals surface area contributed by atoms with Crippen molar-refractivity contribution in [2.24, 2.45) is 5.73 Å². The summed E-state index contributed by atoms with van der Waals surface area (Å²) in [5.74, 6) is 1.96. The molecular weight excluding hydrogens is 122 g/mol. The highest BCUT2D eigenvalue weighted by atomic mass is 32.2. The standard InChI is InChI=1S/C5H12NOS/c6-2-5-8-4-1-3-7/h1-6H2. The first-order valence-corrected chi connectivity index (χ1v) is 3.93. The van der Waals surface area contributed by atoms with E-state index in [1.54, 1.807) is 11.8 Å². The van der Waals surface area contributed by atoms with Crippen molar-refractivity contribution >= 4 is 11.8 Å². The summed E-state index contributed by atoms with van der Waals surface area (Å²) < 4.78 is 0. The average molecular weight is 134 g/mol. The third-order valence-electron chi connectivity index (χ3n) is 0.695. The lowest BCUT2D eigenvalue weighted by Crippen LogP contribution is -2.01. The summed E-state index contributed by atoms with van der Waals surface area (Å²) in [6, 6.07) is 0. The Morgan fingerprint density at radius 2 is 2.12 bits per heavy atom. The number of hydrogen-bond donors (Lipinski definition) is 1. The van der Waals surface area contributed by atoms with E-state index in [4.69, 9.17) is 5.73 Å². The molecule has 0 saturated carbocycles. The highest BCUT2D eigenvalue weighted by Gasteiger charge is 1.84. The van der Waals surface area contributed by atoms with Crippen LogP contribution >= 0.6 is 11.8 Å². The zero-order valence-electron chi connectivity index (χ0n) is 4.93. The van der Waals surface area contributed by atoms with E-state index in [2.05, 4.69) is 0 Å². The Morgan fingerprint density at radius 3 is 2.62 bits per heavy atom. The van der Waals surface area contributed by atoms with Crippen molar-refractivity contribution in [3.8, 4) is 0 Å². The largest absolute Gasteiger partial charge is 0.330 e. The van der Waals surface area contributed by atoms with Gasteiger partial charge in [-0.05, 0) is 12.2 Å². The van der Waals surface area contributed by atoms with Gasteiger partial charge in [0, 0.05) is 12.3 Å². The van der Waals surface area contributed by atoms with E-state index in [1.807, 2.05) is 0 Å². The Kier molecular flexibility index (Phi) is 7.52.